The number of hydrazone groups is 1. The van der Waals surface area contributed by atoms with E-state index >= 15 is 0 Å². The first-order valence-corrected chi connectivity index (χ1v) is 12.3. The SMILES string of the molecule is CCOc1cc(/C=C2/C(=O)N(c3ccccc3Cl)N=C2C)c(Br)cc1OCC(=O)Nc1ccccc1. The Labute approximate surface area is 222 Å². The fraction of sp³-hybridized carbons (Fsp3) is 0.148. The lowest BCUT2D eigenvalue weighted by atomic mass is 10.1. The van der Waals surface area contributed by atoms with Gasteiger partial charge in [0.25, 0.3) is 11.8 Å². The average molecular weight is 569 g/mol. The van der Waals surface area contributed by atoms with E-state index in [0.29, 0.717) is 55.8 Å². The largest absolute Gasteiger partial charge is 0.490 e. The second kappa shape index (κ2) is 11.4. The second-order valence-electron chi connectivity index (χ2n) is 7.77. The third kappa shape index (κ3) is 5.78. The zero-order chi connectivity index (χ0) is 25.7. The predicted molar refractivity (Wildman–Crippen MR) is 146 cm³/mol. The van der Waals surface area contributed by atoms with Crippen molar-refractivity contribution in [3.05, 3.63) is 87.4 Å². The second-order valence-corrected chi connectivity index (χ2v) is 9.03. The van der Waals surface area contributed by atoms with Gasteiger partial charge in [-0.25, -0.2) is 0 Å². The molecule has 0 atom stereocenters. The van der Waals surface area contributed by atoms with Gasteiger partial charge >= 0.3 is 0 Å². The Hall–Kier alpha value is -3.62. The number of hydrogen-bond donors (Lipinski definition) is 1. The van der Waals surface area contributed by atoms with Crippen LogP contribution in [-0.2, 0) is 9.59 Å². The van der Waals surface area contributed by atoms with Gasteiger partial charge in [0.15, 0.2) is 18.1 Å². The highest BCUT2D eigenvalue weighted by molar-refractivity contribution is 9.10. The summed E-state index contributed by atoms with van der Waals surface area (Å²) in [6.07, 6.45) is 1.73. The van der Waals surface area contributed by atoms with Gasteiger partial charge in [-0.3, -0.25) is 9.59 Å². The average Bonchev–Trinajstić information content (AvgIpc) is 3.14. The van der Waals surface area contributed by atoms with Crippen molar-refractivity contribution in [2.45, 2.75) is 13.8 Å². The summed E-state index contributed by atoms with van der Waals surface area (Å²) in [5.41, 5.74) is 2.87. The highest BCUT2D eigenvalue weighted by atomic mass is 79.9. The lowest BCUT2D eigenvalue weighted by Gasteiger charge is -2.15. The van der Waals surface area contributed by atoms with Gasteiger partial charge in [0.2, 0.25) is 0 Å². The zero-order valence-corrected chi connectivity index (χ0v) is 22.0. The van der Waals surface area contributed by atoms with Crippen molar-refractivity contribution in [1.82, 2.24) is 0 Å². The van der Waals surface area contributed by atoms with Crippen molar-refractivity contribution in [3.63, 3.8) is 0 Å². The number of amides is 2. The molecule has 0 fully saturated rings. The minimum Gasteiger partial charge on any atom is -0.490 e. The number of benzene rings is 3. The fourth-order valence-corrected chi connectivity index (χ4v) is 4.18. The molecule has 1 aliphatic rings. The van der Waals surface area contributed by atoms with Crippen LogP contribution in [0.1, 0.15) is 19.4 Å². The Bertz CT molecular complexity index is 1360. The van der Waals surface area contributed by atoms with E-state index in [1.807, 2.05) is 25.1 Å². The number of nitrogens with one attached hydrogen (secondary N) is 1. The fourth-order valence-electron chi connectivity index (χ4n) is 3.53. The van der Waals surface area contributed by atoms with Crippen LogP contribution in [0.5, 0.6) is 11.5 Å². The van der Waals surface area contributed by atoms with Gasteiger partial charge in [0.05, 0.1) is 28.6 Å². The molecular formula is C27H23BrClN3O4. The van der Waals surface area contributed by atoms with Crippen LogP contribution in [0.15, 0.2) is 81.9 Å². The van der Waals surface area contributed by atoms with E-state index in [4.69, 9.17) is 21.1 Å². The number of halogens is 2. The molecule has 0 spiro atoms. The summed E-state index contributed by atoms with van der Waals surface area (Å²) in [6, 6.07) is 19.6. The Balaban J connectivity index is 1.55. The molecule has 1 aliphatic heterocycles. The molecule has 0 saturated carbocycles. The molecule has 3 aromatic rings. The zero-order valence-electron chi connectivity index (χ0n) is 19.6. The molecule has 0 aromatic heterocycles. The number of para-hydroxylation sites is 2. The summed E-state index contributed by atoms with van der Waals surface area (Å²) >= 11 is 9.82. The van der Waals surface area contributed by atoms with E-state index in [1.165, 1.54) is 5.01 Å². The summed E-state index contributed by atoms with van der Waals surface area (Å²) in [7, 11) is 0. The number of rotatable bonds is 8. The van der Waals surface area contributed by atoms with Crippen LogP contribution >= 0.6 is 27.5 Å². The highest BCUT2D eigenvalue weighted by Gasteiger charge is 2.30. The van der Waals surface area contributed by atoms with E-state index in [0.717, 1.165) is 0 Å². The van der Waals surface area contributed by atoms with E-state index < -0.39 is 0 Å². The standard InChI is InChI=1S/C27H23BrClN3O4/c1-3-35-24-14-18(13-20-17(2)31-32(27(20)34)23-12-8-7-11-22(23)29)21(28)15-25(24)36-16-26(33)30-19-9-5-4-6-10-19/h4-15H,3,16H2,1-2H3,(H,30,33)/b20-13+. The van der Waals surface area contributed by atoms with Gasteiger partial charge in [0.1, 0.15) is 0 Å². The molecule has 0 unspecified atom stereocenters. The van der Waals surface area contributed by atoms with Gasteiger partial charge < -0.3 is 14.8 Å². The van der Waals surface area contributed by atoms with Crippen LogP contribution in [0, 0.1) is 0 Å². The molecule has 2 amide bonds. The smallest absolute Gasteiger partial charge is 0.280 e. The van der Waals surface area contributed by atoms with E-state index in [1.54, 1.807) is 61.5 Å². The summed E-state index contributed by atoms with van der Waals surface area (Å²) in [5.74, 6) is 0.260. The van der Waals surface area contributed by atoms with Crippen LogP contribution in [0.4, 0.5) is 11.4 Å². The van der Waals surface area contributed by atoms with E-state index in [9.17, 15) is 9.59 Å². The molecule has 0 aliphatic carbocycles. The van der Waals surface area contributed by atoms with E-state index in [2.05, 4.69) is 26.3 Å². The van der Waals surface area contributed by atoms with Gasteiger partial charge in [-0.15, -0.1) is 0 Å². The number of anilines is 2. The van der Waals surface area contributed by atoms with Crippen molar-refractivity contribution in [1.29, 1.82) is 0 Å². The predicted octanol–water partition coefficient (Wildman–Crippen LogP) is 6.32. The minimum absolute atomic E-state index is 0.196. The molecule has 184 valence electrons. The molecule has 9 heteroatoms. The highest BCUT2D eigenvalue weighted by Crippen LogP contribution is 2.36. The first kappa shape index (κ1) is 25.5. The number of ether oxygens (including phenoxy) is 2. The lowest BCUT2D eigenvalue weighted by Crippen LogP contribution is -2.21. The maximum atomic E-state index is 13.2. The van der Waals surface area contributed by atoms with Crippen LogP contribution < -0.4 is 19.8 Å². The van der Waals surface area contributed by atoms with Crippen molar-refractivity contribution in [2.75, 3.05) is 23.5 Å². The number of hydrogen-bond acceptors (Lipinski definition) is 5. The molecule has 3 aromatic carbocycles. The number of nitrogens with zero attached hydrogens (tertiary/aromatic N) is 2. The van der Waals surface area contributed by atoms with Crippen molar-refractivity contribution < 1.29 is 19.1 Å². The molecular weight excluding hydrogens is 546 g/mol. The number of carbonyl (C=O) groups is 2. The summed E-state index contributed by atoms with van der Waals surface area (Å²) in [5, 5.41) is 8.90. The van der Waals surface area contributed by atoms with E-state index in [-0.39, 0.29) is 18.4 Å². The number of carbonyl (C=O) groups excluding carboxylic acids is 2. The topological polar surface area (TPSA) is 80.2 Å². The summed E-state index contributed by atoms with van der Waals surface area (Å²) in [6.45, 7) is 3.81. The van der Waals surface area contributed by atoms with Crippen molar-refractivity contribution in [3.8, 4) is 11.5 Å². The van der Waals surface area contributed by atoms with Crippen LogP contribution in [0.25, 0.3) is 6.08 Å². The third-order valence-corrected chi connectivity index (χ3v) is 6.23. The van der Waals surface area contributed by atoms with Crippen LogP contribution in [0.3, 0.4) is 0 Å². The lowest BCUT2D eigenvalue weighted by molar-refractivity contribution is -0.118. The maximum Gasteiger partial charge on any atom is 0.280 e. The minimum atomic E-state index is -0.297. The van der Waals surface area contributed by atoms with Gasteiger partial charge in [-0.1, -0.05) is 57.9 Å². The van der Waals surface area contributed by atoms with Crippen LogP contribution in [0.2, 0.25) is 5.02 Å². The molecule has 7 nitrogen and oxygen atoms in total. The molecule has 36 heavy (non-hydrogen) atoms. The van der Waals surface area contributed by atoms with Crippen molar-refractivity contribution >= 4 is 62.5 Å². The molecule has 0 saturated heterocycles. The Kier molecular flexibility index (Phi) is 8.07. The maximum absolute atomic E-state index is 13.2. The van der Waals surface area contributed by atoms with Gasteiger partial charge in [-0.2, -0.15) is 10.1 Å². The first-order chi connectivity index (χ1) is 17.4. The Morgan fingerprint density at radius 3 is 2.50 bits per heavy atom. The Morgan fingerprint density at radius 2 is 1.78 bits per heavy atom. The third-order valence-electron chi connectivity index (χ3n) is 5.22. The summed E-state index contributed by atoms with van der Waals surface area (Å²) < 4.78 is 12.2. The van der Waals surface area contributed by atoms with Gasteiger partial charge in [0, 0.05) is 10.2 Å². The Morgan fingerprint density at radius 1 is 1.08 bits per heavy atom. The molecule has 0 bridgehead atoms. The van der Waals surface area contributed by atoms with Crippen LogP contribution in [-0.4, -0.2) is 30.7 Å². The van der Waals surface area contributed by atoms with Gasteiger partial charge in [-0.05, 0) is 61.9 Å². The van der Waals surface area contributed by atoms with Crippen molar-refractivity contribution in [2.24, 2.45) is 5.10 Å². The molecule has 1 heterocycles. The molecule has 1 N–H and O–H groups in total. The summed E-state index contributed by atoms with van der Waals surface area (Å²) in [4.78, 5) is 25.5. The molecule has 4 rings (SSSR count). The molecule has 0 radical (unpaired) electrons. The first-order valence-electron chi connectivity index (χ1n) is 11.2. The quantitative estimate of drug-likeness (QED) is 0.322. The normalized spacial score (nSPS) is 14.1. The monoisotopic (exact) mass is 567 g/mol.